The molecular formula is C28H31F3N2O2. The van der Waals surface area contributed by atoms with E-state index in [1.807, 2.05) is 43.3 Å². The van der Waals surface area contributed by atoms with Crippen LogP contribution in [-0.4, -0.2) is 29.5 Å². The van der Waals surface area contributed by atoms with Gasteiger partial charge in [0.1, 0.15) is 5.75 Å². The highest BCUT2D eigenvalue weighted by molar-refractivity contribution is 5.81. The second kappa shape index (κ2) is 11.9. The highest BCUT2D eigenvalue weighted by Gasteiger charge is 2.30. The SMILES string of the molecule is Cc1cccc(CN(CC(Oc2ccccc2)C(=O)NCc2cccc(C(F)(F)F)c2)C(C)C)c1. The minimum Gasteiger partial charge on any atom is -0.479 e. The lowest BCUT2D eigenvalue weighted by molar-refractivity contribution is -0.137. The lowest BCUT2D eigenvalue weighted by Crippen LogP contribution is -2.47. The molecule has 186 valence electrons. The molecule has 0 aliphatic heterocycles. The van der Waals surface area contributed by atoms with Gasteiger partial charge in [-0.15, -0.1) is 0 Å². The van der Waals surface area contributed by atoms with E-state index < -0.39 is 17.8 Å². The van der Waals surface area contributed by atoms with Crippen molar-refractivity contribution in [1.82, 2.24) is 10.2 Å². The van der Waals surface area contributed by atoms with Crippen molar-refractivity contribution >= 4 is 5.91 Å². The number of halogens is 3. The standard InChI is InChI=1S/C28H31F3N2O2/c1-20(2)33(18-23-11-7-9-21(3)15-23)19-26(35-25-13-5-4-6-14-25)27(34)32-17-22-10-8-12-24(16-22)28(29,30)31/h4-16,20,26H,17-19H2,1-3H3,(H,32,34). The fourth-order valence-corrected chi connectivity index (χ4v) is 3.71. The van der Waals surface area contributed by atoms with Gasteiger partial charge in [-0.2, -0.15) is 13.2 Å². The minimum atomic E-state index is -4.44. The number of nitrogens with one attached hydrogen (secondary N) is 1. The Morgan fingerprint density at radius 2 is 1.63 bits per heavy atom. The molecule has 1 atom stereocenters. The fourth-order valence-electron chi connectivity index (χ4n) is 3.71. The maximum atomic E-state index is 13.2. The summed E-state index contributed by atoms with van der Waals surface area (Å²) in [4.78, 5) is 15.3. The number of nitrogens with zero attached hydrogens (tertiary/aromatic N) is 1. The number of alkyl halides is 3. The quantitative estimate of drug-likeness (QED) is 0.385. The van der Waals surface area contributed by atoms with Crippen LogP contribution >= 0.6 is 0 Å². The van der Waals surface area contributed by atoms with E-state index in [9.17, 15) is 18.0 Å². The van der Waals surface area contributed by atoms with E-state index in [-0.39, 0.29) is 18.5 Å². The lowest BCUT2D eigenvalue weighted by Gasteiger charge is -2.30. The highest BCUT2D eigenvalue weighted by atomic mass is 19.4. The molecule has 0 aromatic heterocycles. The number of ether oxygens (including phenoxy) is 1. The maximum Gasteiger partial charge on any atom is 0.416 e. The topological polar surface area (TPSA) is 41.6 Å². The van der Waals surface area contributed by atoms with Crippen molar-refractivity contribution in [2.75, 3.05) is 6.54 Å². The molecule has 3 aromatic carbocycles. The smallest absolute Gasteiger partial charge is 0.416 e. The van der Waals surface area contributed by atoms with Crippen molar-refractivity contribution in [3.05, 3.63) is 101 Å². The van der Waals surface area contributed by atoms with E-state index in [0.29, 0.717) is 24.4 Å². The summed E-state index contributed by atoms with van der Waals surface area (Å²) in [5.41, 5.74) is 1.90. The third-order valence-corrected chi connectivity index (χ3v) is 5.63. The van der Waals surface area contributed by atoms with Gasteiger partial charge < -0.3 is 10.1 Å². The molecular weight excluding hydrogens is 453 g/mol. The predicted molar refractivity (Wildman–Crippen MR) is 131 cm³/mol. The second-order valence-electron chi connectivity index (χ2n) is 8.85. The number of carbonyl (C=O) groups excluding carboxylic acids is 1. The van der Waals surface area contributed by atoms with Gasteiger partial charge in [0.05, 0.1) is 5.56 Å². The molecule has 0 heterocycles. The zero-order valence-electron chi connectivity index (χ0n) is 20.2. The normalized spacial score (nSPS) is 12.6. The third-order valence-electron chi connectivity index (χ3n) is 5.63. The number of amides is 1. The van der Waals surface area contributed by atoms with E-state index in [0.717, 1.165) is 23.3 Å². The average Bonchev–Trinajstić information content (AvgIpc) is 2.82. The van der Waals surface area contributed by atoms with Crippen molar-refractivity contribution < 1.29 is 22.7 Å². The van der Waals surface area contributed by atoms with Crippen molar-refractivity contribution in [2.45, 2.75) is 52.2 Å². The number of hydrogen-bond acceptors (Lipinski definition) is 3. The van der Waals surface area contributed by atoms with Crippen LogP contribution in [0.5, 0.6) is 5.75 Å². The van der Waals surface area contributed by atoms with Gasteiger partial charge in [0, 0.05) is 25.7 Å². The summed E-state index contributed by atoms with van der Waals surface area (Å²) in [5, 5.41) is 2.76. The number of aryl methyl sites for hydroxylation is 1. The number of benzene rings is 3. The van der Waals surface area contributed by atoms with E-state index in [1.54, 1.807) is 18.2 Å². The van der Waals surface area contributed by atoms with Crippen LogP contribution < -0.4 is 10.1 Å². The zero-order chi connectivity index (χ0) is 25.4. The monoisotopic (exact) mass is 484 g/mol. The molecule has 7 heteroatoms. The Morgan fingerprint density at radius 1 is 0.943 bits per heavy atom. The molecule has 0 spiro atoms. The molecule has 35 heavy (non-hydrogen) atoms. The first kappa shape index (κ1) is 26.3. The van der Waals surface area contributed by atoms with Gasteiger partial charge in [-0.3, -0.25) is 9.69 Å². The predicted octanol–water partition coefficient (Wildman–Crippen LogP) is 5.99. The molecule has 0 saturated carbocycles. The Morgan fingerprint density at radius 3 is 2.29 bits per heavy atom. The molecule has 0 saturated heterocycles. The summed E-state index contributed by atoms with van der Waals surface area (Å²) in [6.07, 6.45) is -5.29. The van der Waals surface area contributed by atoms with E-state index in [4.69, 9.17) is 4.74 Å². The molecule has 3 rings (SSSR count). The van der Waals surface area contributed by atoms with Crippen molar-refractivity contribution in [3.8, 4) is 5.75 Å². The third kappa shape index (κ3) is 8.14. The van der Waals surface area contributed by atoms with Crippen LogP contribution in [0.4, 0.5) is 13.2 Å². The molecule has 0 aliphatic rings. The van der Waals surface area contributed by atoms with Crippen LogP contribution in [-0.2, 0) is 24.1 Å². The van der Waals surface area contributed by atoms with Crippen LogP contribution in [0.25, 0.3) is 0 Å². The van der Waals surface area contributed by atoms with Crippen LogP contribution in [0, 0.1) is 6.92 Å². The molecule has 3 aromatic rings. The Bertz CT molecular complexity index is 1100. The fraction of sp³-hybridized carbons (Fsp3) is 0.321. The van der Waals surface area contributed by atoms with Crippen LogP contribution in [0.1, 0.15) is 36.1 Å². The molecule has 0 bridgehead atoms. The summed E-state index contributed by atoms with van der Waals surface area (Å²) >= 11 is 0. The molecule has 0 fully saturated rings. The summed E-state index contributed by atoms with van der Waals surface area (Å²) in [6.45, 7) is 7.05. The van der Waals surface area contributed by atoms with E-state index in [1.165, 1.54) is 6.07 Å². The maximum absolute atomic E-state index is 13.2. The number of rotatable bonds is 10. The van der Waals surface area contributed by atoms with Gasteiger partial charge in [-0.1, -0.05) is 60.2 Å². The molecule has 0 aliphatic carbocycles. The number of hydrogen-bond donors (Lipinski definition) is 1. The van der Waals surface area contributed by atoms with Crippen molar-refractivity contribution in [1.29, 1.82) is 0 Å². The summed E-state index contributed by atoms with van der Waals surface area (Å²) < 4.78 is 45.2. The first-order chi connectivity index (χ1) is 16.6. The van der Waals surface area contributed by atoms with Gasteiger partial charge in [0.15, 0.2) is 6.10 Å². The van der Waals surface area contributed by atoms with Gasteiger partial charge in [0.25, 0.3) is 5.91 Å². The zero-order valence-corrected chi connectivity index (χ0v) is 20.2. The molecule has 0 radical (unpaired) electrons. The van der Waals surface area contributed by atoms with E-state index >= 15 is 0 Å². The van der Waals surface area contributed by atoms with Gasteiger partial charge in [-0.25, -0.2) is 0 Å². The molecule has 1 amide bonds. The highest BCUT2D eigenvalue weighted by Crippen LogP contribution is 2.29. The molecule has 1 unspecified atom stereocenters. The van der Waals surface area contributed by atoms with Crippen LogP contribution in [0.2, 0.25) is 0 Å². The Balaban J connectivity index is 1.75. The van der Waals surface area contributed by atoms with Gasteiger partial charge in [-0.05, 0) is 56.2 Å². The molecule has 1 N–H and O–H groups in total. The second-order valence-corrected chi connectivity index (χ2v) is 8.85. The first-order valence-electron chi connectivity index (χ1n) is 11.6. The van der Waals surface area contributed by atoms with Gasteiger partial charge in [0.2, 0.25) is 0 Å². The molecule has 4 nitrogen and oxygen atoms in total. The summed E-state index contributed by atoms with van der Waals surface area (Å²) in [5.74, 6) is 0.159. The van der Waals surface area contributed by atoms with Crippen LogP contribution in [0.3, 0.4) is 0 Å². The van der Waals surface area contributed by atoms with Crippen LogP contribution in [0.15, 0.2) is 78.9 Å². The lowest BCUT2D eigenvalue weighted by atomic mass is 10.1. The summed E-state index contributed by atoms with van der Waals surface area (Å²) in [7, 11) is 0. The first-order valence-corrected chi connectivity index (χ1v) is 11.6. The summed E-state index contributed by atoms with van der Waals surface area (Å²) in [6, 6.07) is 22.3. The number of carbonyl (C=O) groups is 1. The van der Waals surface area contributed by atoms with Crippen molar-refractivity contribution in [2.24, 2.45) is 0 Å². The van der Waals surface area contributed by atoms with Crippen molar-refractivity contribution in [3.63, 3.8) is 0 Å². The van der Waals surface area contributed by atoms with Gasteiger partial charge >= 0.3 is 6.18 Å². The van der Waals surface area contributed by atoms with E-state index in [2.05, 4.69) is 30.1 Å². The Hall–Kier alpha value is -3.32. The Labute approximate surface area is 204 Å². The largest absolute Gasteiger partial charge is 0.479 e. The minimum absolute atomic E-state index is 0.0308. The Kier molecular flexibility index (Phi) is 8.93. The number of para-hydroxylation sites is 1. The average molecular weight is 485 g/mol.